The monoisotopic (exact) mass is 283 g/mol. The highest BCUT2D eigenvalue weighted by molar-refractivity contribution is 7.14. The molecule has 0 saturated carbocycles. The maximum absolute atomic E-state index is 11.9. The van der Waals surface area contributed by atoms with Gasteiger partial charge in [-0.3, -0.25) is 14.5 Å². The van der Waals surface area contributed by atoms with Crippen LogP contribution in [0.3, 0.4) is 0 Å². The van der Waals surface area contributed by atoms with Crippen molar-refractivity contribution in [2.24, 2.45) is 5.73 Å². The van der Waals surface area contributed by atoms with Gasteiger partial charge in [0, 0.05) is 0 Å². The lowest BCUT2D eigenvalue weighted by atomic mass is 10.3. The summed E-state index contributed by atoms with van der Waals surface area (Å²) in [6.45, 7) is 6.32. The Morgan fingerprint density at radius 2 is 1.95 bits per heavy atom. The van der Waals surface area contributed by atoms with E-state index in [0.717, 1.165) is 25.9 Å². The first-order valence-electron chi connectivity index (χ1n) is 6.48. The summed E-state index contributed by atoms with van der Waals surface area (Å²) in [7, 11) is 0. The first-order valence-corrected chi connectivity index (χ1v) is 7.35. The van der Waals surface area contributed by atoms with Crippen LogP contribution in [0.1, 0.15) is 37.0 Å². The summed E-state index contributed by atoms with van der Waals surface area (Å²) in [4.78, 5) is 25.2. The van der Waals surface area contributed by atoms with Crippen molar-refractivity contribution in [3.63, 3.8) is 0 Å². The van der Waals surface area contributed by atoms with Crippen LogP contribution in [0.2, 0.25) is 0 Å². The van der Waals surface area contributed by atoms with Crippen LogP contribution >= 0.6 is 11.3 Å². The van der Waals surface area contributed by atoms with E-state index in [4.69, 9.17) is 5.73 Å². The Hall–Kier alpha value is -1.40. The number of nitrogens with zero attached hydrogens (tertiary/aromatic N) is 1. The number of rotatable bonds is 8. The SMILES string of the molecule is CCCN(CCC)CC(=O)Nc1sccc1C(N)=O. The highest BCUT2D eigenvalue weighted by Crippen LogP contribution is 2.22. The first kappa shape index (κ1) is 15.7. The molecule has 3 N–H and O–H groups in total. The Labute approximate surface area is 117 Å². The van der Waals surface area contributed by atoms with Crippen molar-refractivity contribution in [1.82, 2.24) is 4.90 Å². The van der Waals surface area contributed by atoms with Crippen LogP contribution in [0.4, 0.5) is 5.00 Å². The van der Waals surface area contributed by atoms with E-state index >= 15 is 0 Å². The maximum atomic E-state index is 11.9. The van der Waals surface area contributed by atoms with Gasteiger partial charge in [0.15, 0.2) is 0 Å². The second-order valence-corrected chi connectivity index (χ2v) is 5.27. The van der Waals surface area contributed by atoms with Crippen LogP contribution in [-0.2, 0) is 4.79 Å². The lowest BCUT2D eigenvalue weighted by Gasteiger charge is -2.20. The van der Waals surface area contributed by atoms with Gasteiger partial charge in [0.1, 0.15) is 5.00 Å². The number of thiophene rings is 1. The molecule has 0 fully saturated rings. The van der Waals surface area contributed by atoms with Crippen LogP contribution in [0.5, 0.6) is 0 Å². The van der Waals surface area contributed by atoms with Crippen LogP contribution < -0.4 is 11.1 Å². The second kappa shape index (κ2) is 7.91. The van der Waals surface area contributed by atoms with Gasteiger partial charge in [-0.2, -0.15) is 0 Å². The van der Waals surface area contributed by atoms with Gasteiger partial charge >= 0.3 is 0 Å². The number of amides is 2. The zero-order valence-corrected chi connectivity index (χ0v) is 12.3. The van der Waals surface area contributed by atoms with Crippen LogP contribution in [-0.4, -0.2) is 36.3 Å². The van der Waals surface area contributed by atoms with Crippen molar-refractivity contribution >= 4 is 28.2 Å². The average molecular weight is 283 g/mol. The van der Waals surface area contributed by atoms with Crippen molar-refractivity contribution in [2.75, 3.05) is 25.0 Å². The number of hydrogen-bond donors (Lipinski definition) is 2. The predicted molar refractivity (Wildman–Crippen MR) is 78.5 cm³/mol. The Kier molecular flexibility index (Phi) is 6.52. The molecule has 0 aliphatic heterocycles. The number of hydrogen-bond acceptors (Lipinski definition) is 4. The van der Waals surface area contributed by atoms with Crippen LogP contribution in [0.25, 0.3) is 0 Å². The van der Waals surface area contributed by atoms with Crippen molar-refractivity contribution in [3.05, 3.63) is 17.0 Å². The third kappa shape index (κ3) is 5.00. The fourth-order valence-corrected chi connectivity index (χ4v) is 2.68. The van der Waals surface area contributed by atoms with E-state index in [1.165, 1.54) is 11.3 Å². The Morgan fingerprint density at radius 1 is 1.32 bits per heavy atom. The molecule has 1 rings (SSSR count). The molecule has 1 heterocycles. The quantitative estimate of drug-likeness (QED) is 0.765. The zero-order valence-electron chi connectivity index (χ0n) is 11.4. The fourth-order valence-electron chi connectivity index (χ4n) is 1.87. The van der Waals surface area contributed by atoms with E-state index < -0.39 is 5.91 Å². The molecule has 0 aliphatic carbocycles. The highest BCUT2D eigenvalue weighted by atomic mass is 32.1. The molecule has 106 valence electrons. The molecule has 1 aromatic rings. The zero-order chi connectivity index (χ0) is 14.3. The molecule has 0 bridgehead atoms. The standard InChI is InChI=1S/C13H21N3O2S/c1-3-6-16(7-4-2)9-11(17)15-13-10(12(14)18)5-8-19-13/h5,8H,3-4,6-7,9H2,1-2H3,(H2,14,18)(H,15,17). The van der Waals surface area contributed by atoms with Gasteiger partial charge in [0.25, 0.3) is 5.91 Å². The van der Waals surface area contributed by atoms with E-state index in [-0.39, 0.29) is 5.91 Å². The number of nitrogens with one attached hydrogen (secondary N) is 1. The van der Waals surface area contributed by atoms with Crippen LogP contribution in [0, 0.1) is 0 Å². The average Bonchev–Trinajstić information content (AvgIpc) is 2.77. The first-order chi connectivity index (χ1) is 9.08. The van der Waals surface area contributed by atoms with Crippen molar-refractivity contribution in [2.45, 2.75) is 26.7 Å². The topological polar surface area (TPSA) is 75.4 Å². The van der Waals surface area contributed by atoms with E-state index in [2.05, 4.69) is 24.1 Å². The number of nitrogens with two attached hydrogens (primary N) is 1. The van der Waals surface area contributed by atoms with Gasteiger partial charge < -0.3 is 11.1 Å². The maximum Gasteiger partial charge on any atom is 0.251 e. The lowest BCUT2D eigenvalue weighted by Crippen LogP contribution is -2.34. The molecule has 1 aromatic heterocycles. The number of carbonyl (C=O) groups is 2. The molecule has 0 saturated heterocycles. The summed E-state index contributed by atoms with van der Waals surface area (Å²) in [5.41, 5.74) is 5.61. The minimum absolute atomic E-state index is 0.105. The third-order valence-electron chi connectivity index (χ3n) is 2.63. The minimum atomic E-state index is -0.518. The minimum Gasteiger partial charge on any atom is -0.366 e. The molecule has 2 amide bonds. The summed E-state index contributed by atoms with van der Waals surface area (Å²) in [5, 5.41) is 5.03. The molecule has 0 atom stereocenters. The molecule has 0 radical (unpaired) electrons. The molecule has 5 nitrogen and oxygen atoms in total. The van der Waals surface area contributed by atoms with Gasteiger partial charge in [-0.15, -0.1) is 11.3 Å². The molecule has 0 aliphatic rings. The molecule has 0 aromatic carbocycles. The summed E-state index contributed by atoms with van der Waals surface area (Å²) in [6.07, 6.45) is 2.03. The van der Waals surface area contributed by atoms with Gasteiger partial charge in [-0.1, -0.05) is 13.8 Å². The number of carbonyl (C=O) groups excluding carboxylic acids is 2. The second-order valence-electron chi connectivity index (χ2n) is 4.35. The summed E-state index contributed by atoms with van der Waals surface area (Å²) in [5.74, 6) is -0.623. The molecular weight excluding hydrogens is 262 g/mol. The summed E-state index contributed by atoms with van der Waals surface area (Å²) >= 11 is 1.31. The predicted octanol–water partition coefficient (Wildman–Crippen LogP) is 1.91. The van der Waals surface area contributed by atoms with Gasteiger partial charge in [0.2, 0.25) is 5.91 Å². The Balaban J connectivity index is 2.58. The van der Waals surface area contributed by atoms with Gasteiger partial charge in [-0.05, 0) is 37.4 Å². The van der Waals surface area contributed by atoms with E-state index in [9.17, 15) is 9.59 Å². The summed E-state index contributed by atoms with van der Waals surface area (Å²) in [6, 6.07) is 1.62. The normalized spacial score (nSPS) is 10.7. The van der Waals surface area contributed by atoms with Gasteiger partial charge in [-0.25, -0.2) is 0 Å². The van der Waals surface area contributed by atoms with Gasteiger partial charge in [0.05, 0.1) is 12.1 Å². The molecule has 0 spiro atoms. The highest BCUT2D eigenvalue weighted by Gasteiger charge is 2.14. The van der Waals surface area contributed by atoms with E-state index in [1.54, 1.807) is 11.4 Å². The van der Waals surface area contributed by atoms with Crippen molar-refractivity contribution < 1.29 is 9.59 Å². The molecular formula is C13H21N3O2S. The molecule has 19 heavy (non-hydrogen) atoms. The Bertz CT molecular complexity index is 425. The fraction of sp³-hybridized carbons (Fsp3) is 0.538. The smallest absolute Gasteiger partial charge is 0.251 e. The van der Waals surface area contributed by atoms with Crippen molar-refractivity contribution in [3.8, 4) is 0 Å². The van der Waals surface area contributed by atoms with Crippen molar-refractivity contribution in [1.29, 1.82) is 0 Å². The number of primary amides is 1. The van der Waals surface area contributed by atoms with Crippen LogP contribution in [0.15, 0.2) is 11.4 Å². The summed E-state index contributed by atoms with van der Waals surface area (Å²) < 4.78 is 0. The third-order valence-corrected chi connectivity index (χ3v) is 3.46. The number of anilines is 1. The lowest BCUT2D eigenvalue weighted by molar-refractivity contribution is -0.117. The largest absolute Gasteiger partial charge is 0.366 e. The Morgan fingerprint density at radius 3 is 2.47 bits per heavy atom. The molecule has 0 unspecified atom stereocenters. The van der Waals surface area contributed by atoms with E-state index in [1.807, 2.05) is 0 Å². The molecule has 6 heteroatoms. The van der Waals surface area contributed by atoms with E-state index in [0.29, 0.717) is 17.1 Å².